The number of ether oxygens (including phenoxy) is 2. The molecule has 0 fully saturated rings. The van der Waals surface area contributed by atoms with Gasteiger partial charge in [0.2, 0.25) is 0 Å². The number of carbonyl (C=O) groups is 2. The Labute approximate surface area is 181 Å². The molecule has 2 aromatic carbocycles. The van der Waals surface area contributed by atoms with Crippen LogP contribution < -0.4 is 5.32 Å². The van der Waals surface area contributed by atoms with Crippen molar-refractivity contribution < 1.29 is 19.1 Å². The largest absolute Gasteiger partial charge is 0.459 e. The first-order valence-corrected chi connectivity index (χ1v) is 10.1. The lowest BCUT2D eigenvalue weighted by atomic mass is 10.1. The molecular formula is C25H26N2O4. The Morgan fingerprint density at radius 2 is 1.84 bits per heavy atom. The number of rotatable bonds is 5. The fraction of sp³-hybridized carbons (Fsp3) is 0.280. The molecule has 1 heterocycles. The molecule has 6 nitrogen and oxygen atoms in total. The maximum Gasteiger partial charge on any atom is 0.408 e. The van der Waals surface area contributed by atoms with E-state index in [1.54, 1.807) is 20.8 Å². The molecule has 0 saturated heterocycles. The fourth-order valence-electron chi connectivity index (χ4n) is 2.92. The van der Waals surface area contributed by atoms with Gasteiger partial charge in [0.1, 0.15) is 18.2 Å². The summed E-state index contributed by atoms with van der Waals surface area (Å²) in [7, 11) is 0. The van der Waals surface area contributed by atoms with Crippen LogP contribution in [0.5, 0.6) is 0 Å². The molecule has 0 radical (unpaired) electrons. The summed E-state index contributed by atoms with van der Waals surface area (Å²) in [6.07, 6.45) is 1.25. The van der Waals surface area contributed by atoms with Crippen molar-refractivity contribution in [3.8, 4) is 11.8 Å². The van der Waals surface area contributed by atoms with Gasteiger partial charge >= 0.3 is 12.1 Å². The molecule has 3 aromatic rings. The summed E-state index contributed by atoms with van der Waals surface area (Å²) in [6, 6.07) is 16.1. The van der Waals surface area contributed by atoms with Crippen molar-refractivity contribution in [1.29, 1.82) is 0 Å². The van der Waals surface area contributed by atoms with Crippen LogP contribution in [0.4, 0.5) is 4.79 Å². The normalized spacial score (nSPS) is 11.8. The molecule has 6 heteroatoms. The Hall–Kier alpha value is -3.72. The van der Waals surface area contributed by atoms with Gasteiger partial charge in [-0.25, -0.2) is 9.59 Å². The lowest BCUT2D eigenvalue weighted by molar-refractivity contribution is -0.147. The van der Waals surface area contributed by atoms with Crippen LogP contribution in [0.25, 0.3) is 10.9 Å². The zero-order valence-electron chi connectivity index (χ0n) is 17.9. The second-order valence-corrected chi connectivity index (χ2v) is 8.04. The van der Waals surface area contributed by atoms with Crippen LogP contribution in [0.1, 0.15) is 38.3 Å². The van der Waals surface area contributed by atoms with Crippen LogP contribution in [-0.2, 0) is 20.9 Å². The minimum absolute atomic E-state index is 0.0909. The number of alkyl carbamates (subject to hydrolysis) is 1. The van der Waals surface area contributed by atoms with Crippen LogP contribution in [0, 0.1) is 11.8 Å². The molecule has 0 aliphatic rings. The Kier molecular flexibility index (Phi) is 6.99. The lowest BCUT2D eigenvalue weighted by Gasteiger charge is -2.22. The molecule has 3 rings (SSSR count). The Bertz CT molecular complexity index is 1100. The number of esters is 1. The van der Waals surface area contributed by atoms with Gasteiger partial charge in [-0.3, -0.25) is 0 Å². The highest BCUT2D eigenvalue weighted by atomic mass is 16.6. The van der Waals surface area contributed by atoms with E-state index in [9.17, 15) is 9.59 Å². The number of aromatic amines is 1. The number of carbonyl (C=O) groups excluding carboxylic acids is 2. The first kappa shape index (κ1) is 22.0. The smallest absolute Gasteiger partial charge is 0.408 e. The molecule has 0 bridgehead atoms. The lowest BCUT2D eigenvalue weighted by Crippen LogP contribution is -2.44. The minimum atomic E-state index is -0.948. The molecule has 1 aromatic heterocycles. The standard InChI is InChI=1S/C25H26N2O4/c1-25(2,3)31-24(29)27-22(23(28)30-17-18-9-5-4-6-10-18)14-8-12-19-11-7-13-21-20(19)15-16-26-21/h4-7,9-11,13,15-16,22,26H,14,17H2,1-3H3,(H,27,29). The van der Waals surface area contributed by atoms with E-state index in [-0.39, 0.29) is 13.0 Å². The molecule has 31 heavy (non-hydrogen) atoms. The molecule has 0 aliphatic heterocycles. The van der Waals surface area contributed by atoms with Gasteiger partial charge in [-0.1, -0.05) is 48.2 Å². The number of benzene rings is 2. The second kappa shape index (κ2) is 9.86. The van der Waals surface area contributed by atoms with E-state index < -0.39 is 23.7 Å². The summed E-state index contributed by atoms with van der Waals surface area (Å²) in [4.78, 5) is 28.0. The van der Waals surface area contributed by atoms with Gasteiger partial charge < -0.3 is 19.8 Å². The van der Waals surface area contributed by atoms with Crippen molar-refractivity contribution in [1.82, 2.24) is 10.3 Å². The molecule has 0 aliphatic carbocycles. The molecule has 1 atom stereocenters. The van der Waals surface area contributed by atoms with E-state index in [2.05, 4.69) is 22.1 Å². The predicted octanol–water partition coefficient (Wildman–Crippen LogP) is 4.55. The molecule has 0 spiro atoms. The Morgan fingerprint density at radius 1 is 1.06 bits per heavy atom. The summed E-state index contributed by atoms with van der Waals surface area (Å²) >= 11 is 0. The fourth-order valence-corrected chi connectivity index (χ4v) is 2.92. The number of H-pyrrole nitrogens is 1. The van der Waals surface area contributed by atoms with Gasteiger partial charge in [0, 0.05) is 29.1 Å². The van der Waals surface area contributed by atoms with E-state index in [0.717, 1.165) is 22.0 Å². The SMILES string of the molecule is CC(C)(C)OC(=O)NC(CC#Cc1cccc2[nH]ccc12)C(=O)OCc1ccccc1. The van der Waals surface area contributed by atoms with Crippen LogP contribution in [0.2, 0.25) is 0 Å². The highest BCUT2D eigenvalue weighted by molar-refractivity contribution is 5.86. The highest BCUT2D eigenvalue weighted by Crippen LogP contribution is 2.16. The average molecular weight is 418 g/mol. The maximum absolute atomic E-state index is 12.7. The van der Waals surface area contributed by atoms with E-state index in [4.69, 9.17) is 9.47 Å². The summed E-state index contributed by atoms with van der Waals surface area (Å²) < 4.78 is 10.7. The summed E-state index contributed by atoms with van der Waals surface area (Å²) in [5.41, 5.74) is 2.00. The number of fused-ring (bicyclic) bond motifs is 1. The van der Waals surface area contributed by atoms with Crippen molar-refractivity contribution in [2.24, 2.45) is 0 Å². The molecule has 1 amide bonds. The van der Waals surface area contributed by atoms with Crippen molar-refractivity contribution in [3.63, 3.8) is 0 Å². The third-order valence-corrected chi connectivity index (χ3v) is 4.32. The molecule has 2 N–H and O–H groups in total. The summed E-state index contributed by atoms with van der Waals surface area (Å²) in [6.45, 7) is 5.38. The predicted molar refractivity (Wildman–Crippen MR) is 119 cm³/mol. The van der Waals surface area contributed by atoms with Crippen LogP contribution in [-0.4, -0.2) is 28.7 Å². The zero-order valence-corrected chi connectivity index (χ0v) is 17.9. The number of hydrogen-bond donors (Lipinski definition) is 2. The minimum Gasteiger partial charge on any atom is -0.459 e. The first-order chi connectivity index (χ1) is 14.8. The Balaban J connectivity index is 1.71. The monoisotopic (exact) mass is 418 g/mol. The highest BCUT2D eigenvalue weighted by Gasteiger charge is 2.25. The van der Waals surface area contributed by atoms with Crippen LogP contribution in [0.3, 0.4) is 0 Å². The number of amides is 1. The number of hydrogen-bond acceptors (Lipinski definition) is 4. The van der Waals surface area contributed by atoms with Gasteiger partial charge in [-0.15, -0.1) is 0 Å². The van der Waals surface area contributed by atoms with Gasteiger partial charge in [0.15, 0.2) is 0 Å². The van der Waals surface area contributed by atoms with Gasteiger partial charge in [0.25, 0.3) is 0 Å². The van der Waals surface area contributed by atoms with Crippen molar-refractivity contribution in [3.05, 3.63) is 71.9 Å². The van der Waals surface area contributed by atoms with Gasteiger partial charge in [-0.2, -0.15) is 0 Å². The van der Waals surface area contributed by atoms with E-state index in [0.29, 0.717) is 0 Å². The third-order valence-electron chi connectivity index (χ3n) is 4.32. The quantitative estimate of drug-likeness (QED) is 0.471. The van der Waals surface area contributed by atoms with E-state index in [1.165, 1.54) is 0 Å². The third kappa shape index (κ3) is 6.65. The van der Waals surface area contributed by atoms with Crippen molar-refractivity contribution in [2.75, 3.05) is 0 Å². The van der Waals surface area contributed by atoms with Crippen molar-refractivity contribution >= 4 is 23.0 Å². The number of nitrogens with one attached hydrogen (secondary N) is 2. The Morgan fingerprint density at radius 3 is 2.58 bits per heavy atom. The summed E-state index contributed by atoms with van der Waals surface area (Å²) in [5, 5.41) is 3.58. The van der Waals surface area contributed by atoms with E-state index >= 15 is 0 Å². The van der Waals surface area contributed by atoms with E-state index in [1.807, 2.05) is 60.8 Å². The van der Waals surface area contributed by atoms with Crippen LogP contribution >= 0.6 is 0 Å². The molecule has 160 valence electrons. The molecular weight excluding hydrogens is 392 g/mol. The van der Waals surface area contributed by atoms with Crippen LogP contribution in [0.15, 0.2) is 60.8 Å². The van der Waals surface area contributed by atoms with Gasteiger partial charge in [-0.05, 0) is 44.5 Å². The summed E-state index contributed by atoms with van der Waals surface area (Å²) in [5.74, 6) is 5.51. The maximum atomic E-state index is 12.7. The second-order valence-electron chi connectivity index (χ2n) is 8.04. The first-order valence-electron chi connectivity index (χ1n) is 10.1. The molecule has 0 saturated carbocycles. The average Bonchev–Trinajstić information content (AvgIpc) is 3.20. The van der Waals surface area contributed by atoms with Gasteiger partial charge in [0.05, 0.1) is 0 Å². The number of aromatic nitrogens is 1. The molecule has 1 unspecified atom stereocenters. The topological polar surface area (TPSA) is 80.4 Å². The zero-order chi connectivity index (χ0) is 22.3. The van der Waals surface area contributed by atoms with Crippen molar-refractivity contribution in [2.45, 2.75) is 45.4 Å².